The van der Waals surface area contributed by atoms with Gasteiger partial charge >= 0.3 is 17.9 Å². The van der Waals surface area contributed by atoms with Crippen molar-refractivity contribution in [3.05, 3.63) is 215 Å². The Morgan fingerprint density at radius 1 is 0.456 bits per heavy atom. The van der Waals surface area contributed by atoms with Gasteiger partial charge in [-0.2, -0.15) is 0 Å². The molecule has 0 unspecified atom stereocenters. The number of aliphatic hydroxyl groups is 1. The molecule has 0 amide bonds. The van der Waals surface area contributed by atoms with Crippen molar-refractivity contribution in [3.63, 3.8) is 0 Å². The largest absolute Gasteiger partial charge is 0.459 e. The lowest BCUT2D eigenvalue weighted by Crippen LogP contribution is -2.68. The minimum atomic E-state index is -1.52. The monoisotopic (exact) mass is 923 g/mol. The first-order valence-corrected chi connectivity index (χ1v) is 22.4. The number of rotatable bonds is 19. The van der Waals surface area contributed by atoms with Crippen LogP contribution in [0.25, 0.3) is 0 Å². The van der Waals surface area contributed by atoms with E-state index in [1.165, 1.54) is 0 Å². The van der Waals surface area contributed by atoms with E-state index in [4.69, 9.17) is 48.4 Å². The number of nitrogens with two attached hydrogens (primary N) is 1. The molecule has 14 heteroatoms. The fourth-order valence-corrected chi connectivity index (χ4v) is 7.93. The maximum atomic E-state index is 14.0. The normalized spacial score (nSPS) is 24.6. The molecule has 0 radical (unpaired) electrons. The molecule has 0 bridgehead atoms. The zero-order valence-electron chi connectivity index (χ0n) is 37.1. The number of hydrogen-bond donors (Lipinski definition) is 2. The number of hydrogen-bond acceptors (Lipinski definition) is 14. The van der Waals surface area contributed by atoms with Crippen molar-refractivity contribution in [2.24, 2.45) is 5.73 Å². The summed E-state index contributed by atoms with van der Waals surface area (Å²) in [6.07, 6.45) is -11.6. The third-order valence-corrected chi connectivity index (χ3v) is 11.5. The summed E-state index contributed by atoms with van der Waals surface area (Å²) in [6, 6.07) is 51.8. The van der Waals surface area contributed by atoms with Gasteiger partial charge in [0.25, 0.3) is 0 Å². The van der Waals surface area contributed by atoms with Crippen LogP contribution >= 0.6 is 0 Å². The minimum Gasteiger partial charge on any atom is -0.459 e. The Morgan fingerprint density at radius 3 is 1.37 bits per heavy atom. The number of esters is 3. The lowest BCUT2D eigenvalue weighted by molar-refractivity contribution is -0.351. The topological polar surface area (TPSA) is 181 Å². The van der Waals surface area contributed by atoms with Crippen LogP contribution in [-0.4, -0.2) is 97.6 Å². The molecule has 14 nitrogen and oxygen atoms in total. The highest BCUT2D eigenvalue weighted by atomic mass is 16.7. The van der Waals surface area contributed by atoms with Crippen LogP contribution in [0.15, 0.2) is 182 Å². The molecule has 352 valence electrons. The van der Waals surface area contributed by atoms with Crippen molar-refractivity contribution in [3.8, 4) is 0 Å². The van der Waals surface area contributed by atoms with Crippen molar-refractivity contribution in [1.29, 1.82) is 0 Å². The molecule has 2 saturated heterocycles. The second-order valence-corrected chi connectivity index (χ2v) is 16.2. The molecule has 6 aromatic carbocycles. The second-order valence-electron chi connectivity index (χ2n) is 16.2. The molecular weight excluding hydrogens is 871 g/mol. The molecule has 3 N–H and O–H groups in total. The molecule has 0 saturated carbocycles. The molecular formula is C54H53NO13. The molecule has 10 atom stereocenters. The number of carbonyl (C=O) groups is 3. The zero-order chi connectivity index (χ0) is 47.1. The smallest absolute Gasteiger partial charge is 0.338 e. The quantitative estimate of drug-likeness (QED) is 0.0637. The lowest BCUT2D eigenvalue weighted by Gasteiger charge is -2.48. The Kier molecular flexibility index (Phi) is 16.8. The summed E-state index contributed by atoms with van der Waals surface area (Å²) in [5.74, 6) is -2.24. The van der Waals surface area contributed by atoms with Gasteiger partial charge in [-0.05, 0) is 53.1 Å². The molecule has 6 aromatic rings. The van der Waals surface area contributed by atoms with E-state index in [0.717, 1.165) is 16.7 Å². The number of benzene rings is 6. The van der Waals surface area contributed by atoms with Gasteiger partial charge in [-0.15, -0.1) is 0 Å². The molecule has 2 aliphatic rings. The maximum Gasteiger partial charge on any atom is 0.338 e. The van der Waals surface area contributed by atoms with Crippen LogP contribution < -0.4 is 5.73 Å². The van der Waals surface area contributed by atoms with Crippen molar-refractivity contribution >= 4 is 17.9 Å². The van der Waals surface area contributed by atoms with E-state index < -0.39 is 85.9 Å². The molecule has 0 aromatic heterocycles. The molecule has 0 spiro atoms. The summed E-state index contributed by atoms with van der Waals surface area (Å²) >= 11 is 0. The SMILES string of the molecule is N[C@@H]1[C@H](O[C@H]2[C@H](OCc3ccccc3)[C@@H](OCc3ccccc3)[C@H](O)O[C@@H]2COCc2ccccc2)O[C@H](COC(=O)c2ccccc2)[C@@H](OC(=O)c2ccccc2)[C@@H]1OC(=O)c1ccccc1. The highest BCUT2D eigenvalue weighted by molar-refractivity contribution is 5.91. The highest BCUT2D eigenvalue weighted by Gasteiger charge is 2.54. The van der Waals surface area contributed by atoms with E-state index >= 15 is 0 Å². The van der Waals surface area contributed by atoms with Crippen molar-refractivity contribution in [1.82, 2.24) is 0 Å². The Morgan fingerprint density at radius 2 is 0.868 bits per heavy atom. The number of carbonyl (C=O) groups excluding carboxylic acids is 3. The molecule has 2 aliphatic heterocycles. The van der Waals surface area contributed by atoms with Crippen molar-refractivity contribution in [2.75, 3.05) is 13.2 Å². The van der Waals surface area contributed by atoms with Gasteiger partial charge in [-0.1, -0.05) is 146 Å². The molecule has 2 fully saturated rings. The van der Waals surface area contributed by atoms with Crippen LogP contribution in [0.1, 0.15) is 47.8 Å². The first-order valence-electron chi connectivity index (χ1n) is 22.4. The summed E-state index contributed by atoms with van der Waals surface area (Å²) < 4.78 is 57.3. The predicted molar refractivity (Wildman–Crippen MR) is 247 cm³/mol. The van der Waals surface area contributed by atoms with E-state index in [2.05, 4.69) is 0 Å². The van der Waals surface area contributed by atoms with Gasteiger partial charge in [0.1, 0.15) is 37.1 Å². The van der Waals surface area contributed by atoms with Gasteiger partial charge < -0.3 is 53.5 Å². The Balaban J connectivity index is 1.15. The third kappa shape index (κ3) is 12.7. The van der Waals surface area contributed by atoms with Crippen LogP contribution in [0.2, 0.25) is 0 Å². The third-order valence-electron chi connectivity index (χ3n) is 11.5. The molecule has 2 heterocycles. The fourth-order valence-electron chi connectivity index (χ4n) is 7.93. The van der Waals surface area contributed by atoms with Crippen molar-refractivity contribution in [2.45, 2.75) is 81.2 Å². The van der Waals surface area contributed by atoms with Gasteiger partial charge in [-0.25, -0.2) is 14.4 Å². The van der Waals surface area contributed by atoms with Crippen LogP contribution in [0.5, 0.6) is 0 Å². The molecule has 0 aliphatic carbocycles. The van der Waals surface area contributed by atoms with E-state index in [1.807, 2.05) is 91.0 Å². The zero-order valence-corrected chi connectivity index (χ0v) is 37.1. The average molecular weight is 924 g/mol. The van der Waals surface area contributed by atoms with Gasteiger partial charge in [0, 0.05) is 0 Å². The summed E-state index contributed by atoms with van der Waals surface area (Å²) in [5.41, 5.74) is 10.3. The first kappa shape index (κ1) is 47.9. The maximum absolute atomic E-state index is 14.0. The second kappa shape index (κ2) is 23.9. The average Bonchev–Trinajstić information content (AvgIpc) is 3.39. The fraction of sp³-hybridized carbons (Fsp3) is 0.278. The standard InChI is InChI=1S/C54H53NO13/c55-44-47(67-52(58)41-29-17-6-18-30-41)45(66-51(57)40-27-15-5-16-28-40)43(35-63-50(56)39-25-13-4-14-26-39)65-54(44)68-46-42(34-60-31-36-19-7-1-8-20-36)64-53(59)49(62-33-38-23-11-3-12-24-38)48(46)61-32-37-21-9-2-10-22-37/h1-30,42-49,53-54,59H,31-35,55H2/t42-,43-,44+,45-,46-,47-,48+,49-,53-,54+/m1/s1. The highest BCUT2D eigenvalue weighted by Crippen LogP contribution is 2.34. The number of aliphatic hydroxyl groups excluding tert-OH is 1. The molecule has 68 heavy (non-hydrogen) atoms. The summed E-state index contributed by atoms with van der Waals surface area (Å²) in [5, 5.41) is 11.7. The lowest BCUT2D eigenvalue weighted by atomic mass is 9.95. The van der Waals surface area contributed by atoms with Gasteiger partial charge in [-0.3, -0.25) is 0 Å². The van der Waals surface area contributed by atoms with Crippen LogP contribution in [0.4, 0.5) is 0 Å². The van der Waals surface area contributed by atoms with E-state index in [0.29, 0.717) is 0 Å². The van der Waals surface area contributed by atoms with E-state index in [9.17, 15) is 19.5 Å². The van der Waals surface area contributed by atoms with Crippen LogP contribution in [0.3, 0.4) is 0 Å². The van der Waals surface area contributed by atoms with Gasteiger partial charge in [0.15, 0.2) is 24.8 Å². The summed E-state index contributed by atoms with van der Waals surface area (Å²) in [4.78, 5) is 41.2. The molecule has 8 rings (SSSR count). The Hall–Kier alpha value is -6.59. The summed E-state index contributed by atoms with van der Waals surface area (Å²) in [7, 11) is 0. The van der Waals surface area contributed by atoms with Gasteiger partial charge in [0.2, 0.25) is 0 Å². The van der Waals surface area contributed by atoms with E-state index in [-0.39, 0.29) is 43.1 Å². The minimum absolute atomic E-state index is 0.0747. The van der Waals surface area contributed by atoms with E-state index in [1.54, 1.807) is 91.0 Å². The number of ether oxygens (including phenoxy) is 9. The Bertz CT molecular complexity index is 2470. The first-order chi connectivity index (χ1) is 33.3. The summed E-state index contributed by atoms with van der Waals surface area (Å²) in [6.45, 7) is -0.235. The van der Waals surface area contributed by atoms with Gasteiger partial charge in [0.05, 0.1) is 49.2 Å². The Labute approximate surface area is 394 Å². The van der Waals surface area contributed by atoms with Crippen molar-refractivity contribution < 1.29 is 62.1 Å². The predicted octanol–water partition coefficient (Wildman–Crippen LogP) is 6.84. The van der Waals surface area contributed by atoms with Crippen LogP contribution in [0, 0.1) is 0 Å². The van der Waals surface area contributed by atoms with Crippen LogP contribution in [-0.2, 0) is 62.5 Å².